The van der Waals surface area contributed by atoms with E-state index >= 15 is 0 Å². The van der Waals surface area contributed by atoms with E-state index in [1.807, 2.05) is 0 Å². The lowest BCUT2D eigenvalue weighted by molar-refractivity contribution is -0.0531. The van der Waals surface area contributed by atoms with Crippen LogP contribution in [-0.4, -0.2) is 67.4 Å². The minimum atomic E-state index is -1.34. The molecule has 1 amide bonds. The SMILES string of the molecule is CC(C#Cc1c(C(N)=O)ncn1[C@@H]1O[C@H](CO)[C@@H](O)[C@H]1O)CO. The lowest BCUT2D eigenvalue weighted by Crippen LogP contribution is -2.33. The van der Waals surface area contributed by atoms with Crippen LogP contribution in [0, 0.1) is 17.8 Å². The zero-order chi connectivity index (χ0) is 17.1. The Bertz CT molecular complexity index is 634. The third kappa shape index (κ3) is 3.36. The number of imidazole rings is 1. The number of aliphatic hydroxyl groups is 4. The van der Waals surface area contributed by atoms with Gasteiger partial charge >= 0.3 is 0 Å². The van der Waals surface area contributed by atoms with Crippen molar-refractivity contribution in [2.45, 2.75) is 31.5 Å². The van der Waals surface area contributed by atoms with Gasteiger partial charge in [0.1, 0.15) is 24.0 Å². The van der Waals surface area contributed by atoms with Crippen molar-refractivity contribution < 1.29 is 30.0 Å². The lowest BCUT2D eigenvalue weighted by Gasteiger charge is -2.17. The average Bonchev–Trinajstić information content (AvgIpc) is 3.07. The van der Waals surface area contributed by atoms with Gasteiger partial charge in [-0.05, 0) is 12.8 Å². The summed E-state index contributed by atoms with van der Waals surface area (Å²) < 4.78 is 6.67. The van der Waals surface area contributed by atoms with Crippen LogP contribution in [0.1, 0.15) is 29.3 Å². The fraction of sp³-hybridized carbons (Fsp3) is 0.571. The first-order chi connectivity index (χ1) is 10.9. The Kier molecular flexibility index (Phi) is 5.35. The van der Waals surface area contributed by atoms with E-state index in [9.17, 15) is 15.0 Å². The van der Waals surface area contributed by atoms with Gasteiger partial charge in [-0.15, -0.1) is 0 Å². The van der Waals surface area contributed by atoms with Crippen molar-refractivity contribution >= 4 is 5.91 Å². The van der Waals surface area contributed by atoms with Crippen molar-refractivity contribution in [2.24, 2.45) is 11.7 Å². The molecule has 9 nitrogen and oxygen atoms in total. The number of nitrogens with two attached hydrogens (primary N) is 1. The minimum Gasteiger partial charge on any atom is -0.395 e. The number of carbonyl (C=O) groups excluding carboxylic acids is 1. The van der Waals surface area contributed by atoms with Crippen molar-refractivity contribution in [2.75, 3.05) is 13.2 Å². The van der Waals surface area contributed by atoms with Gasteiger partial charge in [0, 0.05) is 5.92 Å². The van der Waals surface area contributed by atoms with E-state index in [1.165, 1.54) is 10.9 Å². The Morgan fingerprint density at radius 2 is 2.17 bits per heavy atom. The predicted octanol–water partition coefficient (Wildman–Crippen LogP) is -2.43. The molecule has 9 heteroatoms. The second kappa shape index (κ2) is 7.08. The summed E-state index contributed by atoms with van der Waals surface area (Å²) in [5.41, 5.74) is 5.25. The highest BCUT2D eigenvalue weighted by atomic mass is 16.6. The number of nitrogens with zero attached hydrogens (tertiary/aromatic N) is 2. The zero-order valence-electron chi connectivity index (χ0n) is 12.5. The van der Waals surface area contributed by atoms with Crippen LogP contribution in [0.2, 0.25) is 0 Å². The summed E-state index contributed by atoms with van der Waals surface area (Å²) >= 11 is 0. The molecule has 1 aromatic heterocycles. The van der Waals surface area contributed by atoms with Crippen molar-refractivity contribution in [1.29, 1.82) is 0 Å². The number of rotatable bonds is 4. The lowest BCUT2D eigenvalue weighted by atomic mass is 10.1. The standard InChI is InChI=1S/C14H19N3O6/c1-7(4-18)2-3-8-10(13(15)22)16-6-17(8)14-12(21)11(20)9(5-19)23-14/h6-7,9,11-12,14,18-21H,4-5H2,1H3,(H2,15,22)/t7?,9-,11-,12-,14-/m1/s1. The highest BCUT2D eigenvalue weighted by Gasteiger charge is 2.44. The Balaban J connectivity index is 2.43. The fourth-order valence-corrected chi connectivity index (χ4v) is 2.21. The molecule has 5 atom stereocenters. The molecule has 0 spiro atoms. The van der Waals surface area contributed by atoms with Crippen molar-refractivity contribution in [3.63, 3.8) is 0 Å². The van der Waals surface area contributed by atoms with Crippen molar-refractivity contribution in [3.8, 4) is 11.8 Å². The molecule has 1 saturated heterocycles. The molecule has 0 aliphatic carbocycles. The number of amides is 1. The summed E-state index contributed by atoms with van der Waals surface area (Å²) in [6, 6.07) is 0. The molecule has 0 saturated carbocycles. The van der Waals surface area contributed by atoms with Crippen LogP contribution in [0.4, 0.5) is 0 Å². The highest BCUT2D eigenvalue weighted by molar-refractivity contribution is 5.93. The summed E-state index contributed by atoms with van der Waals surface area (Å²) in [5, 5.41) is 38.1. The number of carbonyl (C=O) groups is 1. The molecule has 23 heavy (non-hydrogen) atoms. The largest absolute Gasteiger partial charge is 0.395 e. The van der Waals surface area contributed by atoms with E-state index in [2.05, 4.69) is 16.8 Å². The van der Waals surface area contributed by atoms with Gasteiger partial charge in [-0.1, -0.05) is 5.92 Å². The summed E-state index contributed by atoms with van der Waals surface area (Å²) in [6.07, 6.45) is -3.45. The molecule has 1 aliphatic rings. The van der Waals surface area contributed by atoms with Crippen LogP contribution in [0.3, 0.4) is 0 Å². The van der Waals surface area contributed by atoms with Crippen LogP contribution in [0.25, 0.3) is 0 Å². The Morgan fingerprint density at radius 3 is 2.70 bits per heavy atom. The molecule has 1 fully saturated rings. The minimum absolute atomic E-state index is 0.104. The van der Waals surface area contributed by atoms with Gasteiger partial charge in [0.25, 0.3) is 5.91 Å². The molecule has 126 valence electrons. The monoisotopic (exact) mass is 325 g/mol. The van der Waals surface area contributed by atoms with E-state index in [1.54, 1.807) is 6.92 Å². The van der Waals surface area contributed by atoms with Gasteiger partial charge in [0.05, 0.1) is 19.5 Å². The van der Waals surface area contributed by atoms with Crippen molar-refractivity contribution in [3.05, 3.63) is 17.7 Å². The number of aliphatic hydroxyl groups excluding tert-OH is 4. The van der Waals surface area contributed by atoms with E-state index in [4.69, 9.17) is 20.7 Å². The van der Waals surface area contributed by atoms with Gasteiger partial charge in [0.2, 0.25) is 0 Å². The van der Waals surface area contributed by atoms with Crippen molar-refractivity contribution in [1.82, 2.24) is 9.55 Å². The molecule has 1 aromatic rings. The first-order valence-corrected chi connectivity index (χ1v) is 7.02. The first-order valence-electron chi connectivity index (χ1n) is 7.02. The normalized spacial score (nSPS) is 28.2. The number of hydrogen-bond donors (Lipinski definition) is 5. The molecule has 1 unspecified atom stereocenters. The average molecular weight is 325 g/mol. The number of primary amides is 1. The molecule has 0 aromatic carbocycles. The quantitative estimate of drug-likeness (QED) is 0.386. The topological polar surface area (TPSA) is 151 Å². The Morgan fingerprint density at radius 1 is 1.48 bits per heavy atom. The molecule has 0 radical (unpaired) electrons. The van der Waals surface area contributed by atoms with Gasteiger partial charge in [-0.3, -0.25) is 9.36 Å². The first kappa shape index (κ1) is 17.4. The van der Waals surface area contributed by atoms with Crippen LogP contribution >= 0.6 is 0 Å². The maximum atomic E-state index is 11.5. The van der Waals surface area contributed by atoms with Crippen LogP contribution < -0.4 is 5.73 Å². The maximum Gasteiger partial charge on any atom is 0.270 e. The van der Waals surface area contributed by atoms with E-state index in [-0.39, 0.29) is 23.9 Å². The van der Waals surface area contributed by atoms with Crippen LogP contribution in [-0.2, 0) is 4.74 Å². The van der Waals surface area contributed by atoms with E-state index < -0.39 is 37.1 Å². The van der Waals surface area contributed by atoms with Gasteiger partial charge in [0.15, 0.2) is 11.9 Å². The van der Waals surface area contributed by atoms with Gasteiger partial charge in [-0.25, -0.2) is 4.98 Å². The molecule has 1 aliphatic heterocycles. The van der Waals surface area contributed by atoms with Gasteiger partial charge in [-0.2, -0.15) is 0 Å². The summed E-state index contributed by atoms with van der Waals surface area (Å²) in [4.78, 5) is 15.3. The zero-order valence-corrected chi connectivity index (χ0v) is 12.5. The third-order valence-corrected chi connectivity index (χ3v) is 3.53. The number of aromatic nitrogens is 2. The van der Waals surface area contributed by atoms with Gasteiger partial charge < -0.3 is 30.9 Å². The van der Waals surface area contributed by atoms with E-state index in [0.717, 1.165) is 0 Å². The second-order valence-electron chi connectivity index (χ2n) is 5.30. The second-order valence-corrected chi connectivity index (χ2v) is 5.30. The molecule has 6 N–H and O–H groups in total. The molecular formula is C14H19N3O6. The third-order valence-electron chi connectivity index (χ3n) is 3.53. The molecular weight excluding hydrogens is 306 g/mol. The number of hydrogen-bond acceptors (Lipinski definition) is 7. The molecule has 0 bridgehead atoms. The fourth-order valence-electron chi connectivity index (χ4n) is 2.21. The van der Waals surface area contributed by atoms with Crippen LogP contribution in [0.5, 0.6) is 0 Å². The molecule has 2 rings (SSSR count). The predicted molar refractivity (Wildman–Crippen MR) is 76.9 cm³/mol. The highest BCUT2D eigenvalue weighted by Crippen LogP contribution is 2.30. The summed E-state index contributed by atoms with van der Waals surface area (Å²) in [7, 11) is 0. The smallest absolute Gasteiger partial charge is 0.270 e. The number of ether oxygens (including phenoxy) is 1. The Labute approximate surface area is 132 Å². The van der Waals surface area contributed by atoms with Crippen LogP contribution in [0.15, 0.2) is 6.33 Å². The van der Waals surface area contributed by atoms with E-state index in [0.29, 0.717) is 0 Å². The summed E-state index contributed by atoms with van der Waals surface area (Å²) in [5.74, 6) is 4.27. The Hall–Kier alpha value is -1.96. The molecule has 2 heterocycles. The summed E-state index contributed by atoms with van der Waals surface area (Å²) in [6.45, 7) is 1.04. The maximum absolute atomic E-state index is 11.5.